The normalized spacial score (nSPS) is 15.3. The molecule has 0 heterocycles. The molecule has 4 heteroatoms. The van der Waals surface area contributed by atoms with Gasteiger partial charge in [0, 0.05) is 19.1 Å². The summed E-state index contributed by atoms with van der Waals surface area (Å²) in [4.78, 5) is 14.6. The lowest BCUT2D eigenvalue weighted by atomic mass is 9.84. The third-order valence-corrected chi connectivity index (χ3v) is 4.26. The first-order chi connectivity index (χ1) is 9.66. The van der Waals surface area contributed by atoms with Crippen LogP contribution in [0.15, 0.2) is 0 Å². The van der Waals surface area contributed by atoms with Gasteiger partial charge in [-0.1, -0.05) is 47.5 Å². The van der Waals surface area contributed by atoms with E-state index in [0.717, 1.165) is 19.3 Å². The molecule has 0 spiro atoms. The summed E-state index contributed by atoms with van der Waals surface area (Å²) < 4.78 is 0. The minimum absolute atomic E-state index is 0.0884. The molecule has 2 unspecified atom stereocenters. The molecule has 21 heavy (non-hydrogen) atoms. The minimum atomic E-state index is -0.0884. The van der Waals surface area contributed by atoms with Crippen molar-refractivity contribution in [1.29, 1.82) is 0 Å². The molecule has 0 aliphatic heterocycles. The van der Waals surface area contributed by atoms with Gasteiger partial charge in [-0.2, -0.15) is 0 Å². The first kappa shape index (κ1) is 20.4. The molecule has 0 saturated heterocycles. The average molecular weight is 300 g/mol. The van der Waals surface area contributed by atoms with E-state index in [2.05, 4.69) is 58.9 Å². The van der Waals surface area contributed by atoms with Crippen LogP contribution < -0.4 is 11.1 Å². The molecule has 4 nitrogen and oxygen atoms in total. The Morgan fingerprint density at radius 2 is 1.71 bits per heavy atom. The van der Waals surface area contributed by atoms with E-state index in [9.17, 15) is 4.79 Å². The van der Waals surface area contributed by atoms with Gasteiger partial charge in [0.1, 0.15) is 0 Å². The maximum atomic E-state index is 12.4. The number of nitrogens with two attached hydrogens (primary N) is 1. The predicted molar refractivity (Wildman–Crippen MR) is 91.2 cm³/mol. The summed E-state index contributed by atoms with van der Waals surface area (Å²) in [7, 11) is 4.18. The highest BCUT2D eigenvalue weighted by atomic mass is 16.1. The fourth-order valence-corrected chi connectivity index (χ4v) is 2.98. The van der Waals surface area contributed by atoms with Crippen molar-refractivity contribution in [3.63, 3.8) is 0 Å². The van der Waals surface area contributed by atoms with Crippen LogP contribution in [0.4, 0.5) is 0 Å². The standard InChI is InChI=1S/C17H37N3O/c1-8-13(9-2)15(20(6)7)12-19-16(21)14(11-18)10-17(3,4)5/h13-15H,8-12,18H2,1-7H3,(H,19,21). The third-order valence-electron chi connectivity index (χ3n) is 4.26. The summed E-state index contributed by atoms with van der Waals surface area (Å²) in [6.07, 6.45) is 3.10. The van der Waals surface area contributed by atoms with Gasteiger partial charge in [-0.05, 0) is 31.8 Å². The van der Waals surface area contributed by atoms with E-state index in [4.69, 9.17) is 5.73 Å². The molecule has 0 rings (SSSR count). The molecule has 0 aromatic heterocycles. The zero-order valence-corrected chi connectivity index (χ0v) is 15.2. The van der Waals surface area contributed by atoms with E-state index in [1.807, 2.05) is 0 Å². The lowest BCUT2D eigenvalue weighted by Gasteiger charge is -2.32. The summed E-state index contributed by atoms with van der Waals surface area (Å²) >= 11 is 0. The number of carbonyl (C=O) groups is 1. The highest BCUT2D eigenvalue weighted by Gasteiger charge is 2.26. The summed E-state index contributed by atoms with van der Waals surface area (Å²) in [6, 6.07) is 0.386. The Balaban J connectivity index is 4.60. The second-order valence-corrected chi connectivity index (χ2v) is 7.55. The summed E-state index contributed by atoms with van der Waals surface area (Å²) in [6.45, 7) is 12.0. The fraction of sp³-hybridized carbons (Fsp3) is 0.941. The number of amides is 1. The zero-order valence-electron chi connectivity index (χ0n) is 15.2. The molecule has 0 fully saturated rings. The van der Waals surface area contributed by atoms with E-state index in [-0.39, 0.29) is 17.2 Å². The van der Waals surface area contributed by atoms with Crippen LogP contribution in [0.3, 0.4) is 0 Å². The van der Waals surface area contributed by atoms with Crippen LogP contribution >= 0.6 is 0 Å². The molecule has 1 amide bonds. The Hall–Kier alpha value is -0.610. The van der Waals surface area contributed by atoms with Crippen molar-refractivity contribution in [2.75, 3.05) is 27.2 Å². The molecule has 3 N–H and O–H groups in total. The van der Waals surface area contributed by atoms with Crippen LogP contribution in [-0.4, -0.2) is 44.0 Å². The Morgan fingerprint density at radius 1 is 1.19 bits per heavy atom. The van der Waals surface area contributed by atoms with Crippen LogP contribution in [0.5, 0.6) is 0 Å². The van der Waals surface area contributed by atoms with Crippen molar-refractivity contribution in [2.24, 2.45) is 23.0 Å². The largest absolute Gasteiger partial charge is 0.354 e. The van der Waals surface area contributed by atoms with Gasteiger partial charge in [0.05, 0.1) is 5.92 Å². The lowest BCUT2D eigenvalue weighted by Crippen LogP contribution is -2.47. The van der Waals surface area contributed by atoms with Gasteiger partial charge in [0.15, 0.2) is 0 Å². The first-order valence-electron chi connectivity index (χ1n) is 8.30. The molecule has 126 valence electrons. The summed E-state index contributed by atoms with van der Waals surface area (Å²) in [5.41, 5.74) is 5.91. The van der Waals surface area contributed by atoms with Gasteiger partial charge in [0.2, 0.25) is 5.91 Å². The monoisotopic (exact) mass is 299 g/mol. The van der Waals surface area contributed by atoms with Crippen molar-refractivity contribution in [3.8, 4) is 0 Å². The molecule has 0 bridgehead atoms. The number of carbonyl (C=O) groups excluding carboxylic acids is 1. The van der Waals surface area contributed by atoms with E-state index >= 15 is 0 Å². The molecule has 0 aromatic rings. The summed E-state index contributed by atoms with van der Waals surface area (Å²) in [5, 5.41) is 3.13. The van der Waals surface area contributed by atoms with E-state index < -0.39 is 0 Å². The Bertz CT molecular complexity index is 293. The van der Waals surface area contributed by atoms with E-state index in [1.165, 1.54) is 0 Å². The molecule has 0 aliphatic carbocycles. The molecule has 2 atom stereocenters. The molecule has 0 radical (unpaired) electrons. The Morgan fingerprint density at radius 3 is 2.05 bits per heavy atom. The van der Waals surface area contributed by atoms with Gasteiger partial charge in [-0.15, -0.1) is 0 Å². The number of nitrogens with one attached hydrogen (secondary N) is 1. The second-order valence-electron chi connectivity index (χ2n) is 7.55. The van der Waals surface area contributed by atoms with Crippen molar-refractivity contribution >= 4 is 5.91 Å². The zero-order chi connectivity index (χ0) is 16.6. The average Bonchev–Trinajstić information content (AvgIpc) is 2.38. The van der Waals surface area contributed by atoms with Crippen LogP contribution in [-0.2, 0) is 4.79 Å². The van der Waals surface area contributed by atoms with Crippen LogP contribution in [0.25, 0.3) is 0 Å². The maximum absolute atomic E-state index is 12.4. The van der Waals surface area contributed by atoms with Gasteiger partial charge in [0.25, 0.3) is 0 Å². The Kier molecular flexibility index (Phi) is 9.14. The van der Waals surface area contributed by atoms with Crippen LogP contribution in [0.2, 0.25) is 0 Å². The number of rotatable bonds is 9. The number of hydrogen-bond donors (Lipinski definition) is 2. The van der Waals surface area contributed by atoms with Crippen molar-refractivity contribution in [1.82, 2.24) is 10.2 Å². The predicted octanol–water partition coefficient (Wildman–Crippen LogP) is 2.48. The third kappa shape index (κ3) is 7.82. The van der Waals surface area contributed by atoms with Crippen molar-refractivity contribution in [2.45, 2.75) is 59.9 Å². The fourth-order valence-electron chi connectivity index (χ4n) is 2.98. The van der Waals surface area contributed by atoms with Crippen molar-refractivity contribution in [3.05, 3.63) is 0 Å². The minimum Gasteiger partial charge on any atom is -0.354 e. The Labute approximate surface area is 131 Å². The van der Waals surface area contributed by atoms with Gasteiger partial charge in [-0.3, -0.25) is 4.79 Å². The van der Waals surface area contributed by atoms with E-state index in [1.54, 1.807) is 0 Å². The summed E-state index contributed by atoms with van der Waals surface area (Å²) in [5.74, 6) is 0.624. The SMILES string of the molecule is CCC(CC)C(CNC(=O)C(CN)CC(C)(C)C)N(C)C. The molecule has 0 saturated carbocycles. The lowest BCUT2D eigenvalue weighted by molar-refractivity contribution is -0.125. The molecular weight excluding hydrogens is 262 g/mol. The molecule has 0 aromatic carbocycles. The van der Waals surface area contributed by atoms with Gasteiger partial charge >= 0.3 is 0 Å². The molecular formula is C17H37N3O. The van der Waals surface area contributed by atoms with Crippen molar-refractivity contribution < 1.29 is 4.79 Å². The topological polar surface area (TPSA) is 58.4 Å². The molecule has 0 aliphatic rings. The maximum Gasteiger partial charge on any atom is 0.224 e. The smallest absolute Gasteiger partial charge is 0.224 e. The quantitative estimate of drug-likeness (QED) is 0.687. The van der Waals surface area contributed by atoms with Crippen LogP contribution in [0.1, 0.15) is 53.9 Å². The highest BCUT2D eigenvalue weighted by Crippen LogP contribution is 2.24. The van der Waals surface area contributed by atoms with Crippen LogP contribution in [0, 0.1) is 17.3 Å². The van der Waals surface area contributed by atoms with Gasteiger partial charge < -0.3 is 16.0 Å². The number of likely N-dealkylation sites (N-methyl/N-ethyl adjacent to an activating group) is 1. The van der Waals surface area contributed by atoms with E-state index in [0.29, 0.717) is 25.0 Å². The first-order valence-corrected chi connectivity index (χ1v) is 8.30. The second kappa shape index (κ2) is 9.42. The number of hydrogen-bond acceptors (Lipinski definition) is 3. The number of nitrogens with zero attached hydrogens (tertiary/aromatic N) is 1. The highest BCUT2D eigenvalue weighted by molar-refractivity contribution is 5.78. The van der Waals surface area contributed by atoms with Gasteiger partial charge in [-0.25, -0.2) is 0 Å².